The van der Waals surface area contributed by atoms with Crippen molar-refractivity contribution in [2.24, 2.45) is 0 Å². The Morgan fingerprint density at radius 2 is 2.00 bits per heavy atom. The van der Waals surface area contributed by atoms with Gasteiger partial charge in [0.2, 0.25) is 0 Å². The highest BCUT2D eigenvalue weighted by atomic mass is 32.1. The van der Waals surface area contributed by atoms with Gasteiger partial charge in [0, 0.05) is 11.7 Å². The Kier molecular flexibility index (Phi) is 5.35. The molecule has 0 heterocycles. The number of nitrogens with one attached hydrogen (secondary N) is 2. The molecule has 1 rings (SSSR count). The van der Waals surface area contributed by atoms with Crippen molar-refractivity contribution in [2.75, 3.05) is 5.32 Å². The zero-order chi connectivity index (χ0) is 12.8. The van der Waals surface area contributed by atoms with Gasteiger partial charge in [-0.15, -0.1) is 0 Å². The Labute approximate surface area is 108 Å². The first-order chi connectivity index (χ1) is 8.06. The fourth-order valence-electron chi connectivity index (χ4n) is 1.52. The number of hydrogen-bond acceptors (Lipinski definition) is 1. The predicted molar refractivity (Wildman–Crippen MR) is 74.9 cm³/mol. The smallest absolute Gasteiger partial charge is 0.170 e. The average molecular weight is 254 g/mol. The molecule has 0 amide bonds. The van der Waals surface area contributed by atoms with E-state index in [0.717, 1.165) is 12.8 Å². The van der Waals surface area contributed by atoms with Crippen LogP contribution in [0, 0.1) is 12.7 Å². The van der Waals surface area contributed by atoms with Crippen molar-refractivity contribution in [3.8, 4) is 0 Å². The largest absolute Gasteiger partial charge is 0.360 e. The predicted octanol–water partition coefficient (Wildman–Crippen LogP) is 3.61. The topological polar surface area (TPSA) is 24.1 Å². The maximum Gasteiger partial charge on any atom is 0.170 e. The van der Waals surface area contributed by atoms with Gasteiger partial charge in [0.25, 0.3) is 0 Å². The van der Waals surface area contributed by atoms with E-state index in [0.29, 0.717) is 22.4 Å². The lowest BCUT2D eigenvalue weighted by molar-refractivity contribution is 0.573. The Morgan fingerprint density at radius 3 is 2.53 bits per heavy atom. The molecule has 4 heteroatoms. The molecule has 1 aromatic rings. The summed E-state index contributed by atoms with van der Waals surface area (Å²) < 4.78 is 13.3. The van der Waals surface area contributed by atoms with Gasteiger partial charge < -0.3 is 10.6 Å². The molecule has 0 fully saturated rings. The molecule has 0 aliphatic carbocycles. The van der Waals surface area contributed by atoms with E-state index < -0.39 is 0 Å². The molecule has 0 saturated heterocycles. The van der Waals surface area contributed by atoms with Crippen molar-refractivity contribution in [2.45, 2.75) is 39.7 Å². The molecule has 2 nitrogen and oxygen atoms in total. The lowest BCUT2D eigenvalue weighted by Gasteiger charge is -2.18. The van der Waals surface area contributed by atoms with Gasteiger partial charge in [-0.2, -0.15) is 0 Å². The van der Waals surface area contributed by atoms with Gasteiger partial charge in [-0.25, -0.2) is 4.39 Å². The SMILES string of the molecule is CCC(CC)NC(=S)Nc1ccc(C)c(F)c1. The first-order valence-electron chi connectivity index (χ1n) is 5.90. The Hall–Kier alpha value is -1.16. The van der Waals surface area contributed by atoms with Crippen molar-refractivity contribution in [3.63, 3.8) is 0 Å². The molecule has 0 saturated carbocycles. The van der Waals surface area contributed by atoms with E-state index in [2.05, 4.69) is 24.5 Å². The standard InChI is InChI=1S/C13H19FN2S/c1-4-10(5-2)15-13(17)16-11-7-6-9(3)12(14)8-11/h6-8,10H,4-5H2,1-3H3,(H2,15,16,17). The van der Waals surface area contributed by atoms with Crippen LogP contribution in [-0.2, 0) is 0 Å². The summed E-state index contributed by atoms with van der Waals surface area (Å²) in [6.07, 6.45) is 2.03. The summed E-state index contributed by atoms with van der Waals surface area (Å²) in [6.45, 7) is 5.95. The molecule has 0 bridgehead atoms. The molecule has 0 atom stereocenters. The highest BCUT2D eigenvalue weighted by Crippen LogP contribution is 2.13. The molecular formula is C13H19FN2S. The zero-order valence-corrected chi connectivity index (χ0v) is 11.3. The van der Waals surface area contributed by atoms with E-state index >= 15 is 0 Å². The Morgan fingerprint density at radius 1 is 1.35 bits per heavy atom. The van der Waals surface area contributed by atoms with Crippen LogP contribution in [0.5, 0.6) is 0 Å². The molecule has 17 heavy (non-hydrogen) atoms. The summed E-state index contributed by atoms with van der Waals surface area (Å²) >= 11 is 5.18. The summed E-state index contributed by atoms with van der Waals surface area (Å²) in [4.78, 5) is 0. The van der Waals surface area contributed by atoms with Gasteiger partial charge >= 0.3 is 0 Å². The van der Waals surface area contributed by atoms with Crippen LogP contribution in [-0.4, -0.2) is 11.2 Å². The number of hydrogen-bond donors (Lipinski definition) is 2. The molecule has 1 aromatic carbocycles. The van der Waals surface area contributed by atoms with E-state index in [-0.39, 0.29) is 5.82 Å². The van der Waals surface area contributed by atoms with Crippen LogP contribution in [0.4, 0.5) is 10.1 Å². The van der Waals surface area contributed by atoms with Gasteiger partial charge in [0.15, 0.2) is 5.11 Å². The van der Waals surface area contributed by atoms with E-state index in [9.17, 15) is 4.39 Å². The molecule has 0 aromatic heterocycles. The van der Waals surface area contributed by atoms with Crippen molar-refractivity contribution >= 4 is 23.0 Å². The van der Waals surface area contributed by atoms with Gasteiger partial charge in [-0.1, -0.05) is 19.9 Å². The molecule has 0 radical (unpaired) electrons. The van der Waals surface area contributed by atoms with Crippen LogP contribution in [0.3, 0.4) is 0 Å². The first-order valence-corrected chi connectivity index (χ1v) is 6.31. The maximum absolute atomic E-state index is 13.3. The third-order valence-electron chi connectivity index (χ3n) is 2.75. The second kappa shape index (κ2) is 6.55. The van der Waals surface area contributed by atoms with Crippen LogP contribution < -0.4 is 10.6 Å². The third-order valence-corrected chi connectivity index (χ3v) is 2.97. The highest BCUT2D eigenvalue weighted by molar-refractivity contribution is 7.80. The summed E-state index contributed by atoms with van der Waals surface area (Å²) in [5.74, 6) is -0.222. The quantitative estimate of drug-likeness (QED) is 0.803. The number of thiocarbonyl (C=S) groups is 1. The normalized spacial score (nSPS) is 10.4. The Bertz CT molecular complexity index is 389. The number of benzene rings is 1. The molecule has 94 valence electrons. The number of aryl methyl sites for hydroxylation is 1. The van der Waals surface area contributed by atoms with Gasteiger partial charge in [-0.3, -0.25) is 0 Å². The fourth-order valence-corrected chi connectivity index (χ4v) is 1.80. The minimum Gasteiger partial charge on any atom is -0.360 e. The van der Waals surface area contributed by atoms with Gasteiger partial charge in [0.1, 0.15) is 5.82 Å². The van der Waals surface area contributed by atoms with Crippen molar-refractivity contribution in [1.82, 2.24) is 5.32 Å². The van der Waals surface area contributed by atoms with Crippen LogP contribution in [0.2, 0.25) is 0 Å². The molecular weight excluding hydrogens is 235 g/mol. The monoisotopic (exact) mass is 254 g/mol. The average Bonchev–Trinajstić information content (AvgIpc) is 2.31. The number of halogens is 1. The summed E-state index contributed by atoms with van der Waals surface area (Å²) in [5.41, 5.74) is 1.31. The van der Waals surface area contributed by atoms with Gasteiger partial charge in [0.05, 0.1) is 0 Å². The number of rotatable bonds is 4. The summed E-state index contributed by atoms with van der Waals surface area (Å²) in [6, 6.07) is 5.37. The minimum absolute atomic E-state index is 0.222. The minimum atomic E-state index is -0.222. The van der Waals surface area contributed by atoms with E-state index in [1.54, 1.807) is 13.0 Å². The second-order valence-electron chi connectivity index (χ2n) is 4.08. The summed E-state index contributed by atoms with van der Waals surface area (Å²) in [5, 5.41) is 6.73. The lowest BCUT2D eigenvalue weighted by atomic mass is 10.2. The molecule has 0 aliphatic rings. The Balaban J connectivity index is 2.58. The lowest BCUT2D eigenvalue weighted by Crippen LogP contribution is -2.36. The van der Waals surface area contributed by atoms with Crippen molar-refractivity contribution in [3.05, 3.63) is 29.6 Å². The number of anilines is 1. The van der Waals surface area contributed by atoms with E-state index in [1.165, 1.54) is 6.07 Å². The fraction of sp³-hybridized carbons (Fsp3) is 0.462. The molecule has 0 aliphatic heterocycles. The highest BCUT2D eigenvalue weighted by Gasteiger charge is 2.06. The van der Waals surface area contributed by atoms with Crippen LogP contribution in [0.1, 0.15) is 32.3 Å². The van der Waals surface area contributed by atoms with Crippen LogP contribution in [0.15, 0.2) is 18.2 Å². The van der Waals surface area contributed by atoms with Crippen molar-refractivity contribution < 1.29 is 4.39 Å². The van der Waals surface area contributed by atoms with E-state index in [1.807, 2.05) is 6.07 Å². The first kappa shape index (κ1) is 13.9. The van der Waals surface area contributed by atoms with Crippen LogP contribution >= 0.6 is 12.2 Å². The maximum atomic E-state index is 13.3. The molecule has 0 spiro atoms. The third kappa shape index (κ3) is 4.30. The van der Waals surface area contributed by atoms with Crippen LogP contribution in [0.25, 0.3) is 0 Å². The van der Waals surface area contributed by atoms with Crippen molar-refractivity contribution in [1.29, 1.82) is 0 Å². The molecule has 0 unspecified atom stereocenters. The zero-order valence-electron chi connectivity index (χ0n) is 10.5. The van der Waals surface area contributed by atoms with E-state index in [4.69, 9.17) is 12.2 Å². The second-order valence-corrected chi connectivity index (χ2v) is 4.48. The van der Waals surface area contributed by atoms with Gasteiger partial charge in [-0.05, 0) is 49.7 Å². The summed E-state index contributed by atoms with van der Waals surface area (Å²) in [7, 11) is 0. The molecule has 2 N–H and O–H groups in total.